The molecular weight excluding hydrogens is 244 g/mol. The normalized spacial score (nSPS) is 10.3. The molecule has 0 aliphatic heterocycles. The predicted octanol–water partition coefficient (Wildman–Crippen LogP) is 4.02. The molecule has 1 aromatic carbocycles. The Balaban J connectivity index is 1.84. The van der Waals surface area contributed by atoms with Crippen molar-refractivity contribution in [3.8, 4) is 5.75 Å². The zero-order chi connectivity index (χ0) is 13.0. The fourth-order valence-electron chi connectivity index (χ4n) is 1.67. The Kier molecular flexibility index (Phi) is 4.15. The monoisotopic (exact) mass is 260 g/mol. The van der Waals surface area contributed by atoms with Crippen LogP contribution in [0.1, 0.15) is 26.5 Å². The number of ketones is 1. The Morgan fingerprint density at radius 1 is 1.22 bits per heavy atom. The van der Waals surface area contributed by atoms with Crippen molar-refractivity contribution in [1.82, 2.24) is 0 Å². The highest BCUT2D eigenvalue weighted by Gasteiger charge is 2.08. The molecule has 0 saturated heterocycles. The molecule has 0 saturated carbocycles. The van der Waals surface area contributed by atoms with E-state index in [1.807, 2.05) is 50.2 Å². The maximum Gasteiger partial charge on any atom is 0.176 e. The van der Waals surface area contributed by atoms with E-state index in [9.17, 15) is 4.79 Å². The van der Waals surface area contributed by atoms with Crippen molar-refractivity contribution in [3.63, 3.8) is 0 Å². The molecule has 18 heavy (non-hydrogen) atoms. The molecule has 1 heterocycles. The molecule has 0 spiro atoms. The lowest BCUT2D eigenvalue weighted by Crippen LogP contribution is -2.05. The van der Waals surface area contributed by atoms with Gasteiger partial charge >= 0.3 is 0 Å². The summed E-state index contributed by atoms with van der Waals surface area (Å²) in [6.07, 6.45) is 0.424. The number of aryl methyl sites for hydroxylation is 2. The van der Waals surface area contributed by atoms with Gasteiger partial charge in [0.15, 0.2) is 5.78 Å². The summed E-state index contributed by atoms with van der Waals surface area (Å²) in [6, 6.07) is 11.7. The van der Waals surface area contributed by atoms with Crippen LogP contribution < -0.4 is 4.74 Å². The lowest BCUT2D eigenvalue weighted by Gasteiger charge is -2.05. The molecule has 0 unspecified atom stereocenters. The van der Waals surface area contributed by atoms with E-state index in [1.165, 1.54) is 11.3 Å². The summed E-state index contributed by atoms with van der Waals surface area (Å²) in [5.41, 5.74) is 1.16. The molecule has 2 aromatic rings. The molecule has 0 fully saturated rings. The van der Waals surface area contributed by atoms with Gasteiger partial charge in [-0.3, -0.25) is 4.79 Å². The molecule has 0 amide bonds. The van der Waals surface area contributed by atoms with Crippen molar-refractivity contribution >= 4 is 17.1 Å². The van der Waals surface area contributed by atoms with E-state index in [-0.39, 0.29) is 5.78 Å². The quantitative estimate of drug-likeness (QED) is 0.759. The first-order valence-corrected chi connectivity index (χ1v) is 6.76. The van der Waals surface area contributed by atoms with E-state index < -0.39 is 0 Å². The van der Waals surface area contributed by atoms with Crippen LogP contribution in [0.25, 0.3) is 0 Å². The summed E-state index contributed by atoms with van der Waals surface area (Å²) in [7, 11) is 0. The first kappa shape index (κ1) is 12.8. The largest absolute Gasteiger partial charge is 0.493 e. The van der Waals surface area contributed by atoms with Crippen molar-refractivity contribution < 1.29 is 9.53 Å². The van der Waals surface area contributed by atoms with Crippen LogP contribution in [-0.4, -0.2) is 12.4 Å². The van der Waals surface area contributed by atoms with Gasteiger partial charge in [0.05, 0.1) is 11.5 Å². The number of Topliss-reactive ketones (excluding diaryl/α,β-unsaturated/α-hetero) is 1. The predicted molar refractivity (Wildman–Crippen MR) is 74.7 cm³/mol. The van der Waals surface area contributed by atoms with Crippen LogP contribution in [0, 0.1) is 13.8 Å². The third kappa shape index (κ3) is 3.44. The summed E-state index contributed by atoms with van der Waals surface area (Å²) in [5.74, 6) is 0.978. The van der Waals surface area contributed by atoms with Crippen LogP contribution in [-0.2, 0) is 0 Å². The van der Waals surface area contributed by atoms with E-state index in [0.717, 1.165) is 21.1 Å². The Morgan fingerprint density at radius 3 is 2.72 bits per heavy atom. The number of rotatable bonds is 5. The number of carbonyl (C=O) groups excluding carboxylic acids is 1. The van der Waals surface area contributed by atoms with Crippen LogP contribution in [0.3, 0.4) is 0 Å². The van der Waals surface area contributed by atoms with Gasteiger partial charge in [-0.15, -0.1) is 11.3 Å². The highest BCUT2D eigenvalue weighted by Crippen LogP contribution is 2.17. The van der Waals surface area contributed by atoms with E-state index in [2.05, 4.69) is 0 Å². The molecule has 0 aliphatic carbocycles. The Bertz CT molecular complexity index is 543. The number of hydrogen-bond acceptors (Lipinski definition) is 3. The van der Waals surface area contributed by atoms with E-state index in [4.69, 9.17) is 4.74 Å². The molecule has 94 valence electrons. The fraction of sp³-hybridized carbons (Fsp3) is 0.267. The lowest BCUT2D eigenvalue weighted by molar-refractivity contribution is 0.0966. The van der Waals surface area contributed by atoms with Crippen LogP contribution in [0.15, 0.2) is 36.4 Å². The van der Waals surface area contributed by atoms with Crippen LogP contribution >= 0.6 is 11.3 Å². The second-order valence-electron chi connectivity index (χ2n) is 4.25. The highest BCUT2D eigenvalue weighted by atomic mass is 32.1. The van der Waals surface area contributed by atoms with Crippen molar-refractivity contribution in [2.24, 2.45) is 0 Å². The minimum absolute atomic E-state index is 0.153. The van der Waals surface area contributed by atoms with Crippen molar-refractivity contribution in [2.75, 3.05) is 6.61 Å². The number of hydrogen-bond donors (Lipinski definition) is 0. The molecule has 0 bridgehead atoms. The third-order valence-corrected chi connectivity index (χ3v) is 3.64. The molecule has 3 heteroatoms. The first-order valence-electron chi connectivity index (χ1n) is 5.94. The van der Waals surface area contributed by atoms with E-state index in [0.29, 0.717) is 13.0 Å². The third-order valence-electron chi connectivity index (χ3n) is 2.60. The molecule has 2 nitrogen and oxygen atoms in total. The van der Waals surface area contributed by atoms with Crippen LogP contribution in [0.2, 0.25) is 0 Å². The van der Waals surface area contributed by atoms with Gasteiger partial charge in [-0.2, -0.15) is 0 Å². The number of benzene rings is 1. The second kappa shape index (κ2) is 5.83. The second-order valence-corrected chi connectivity index (χ2v) is 5.54. The average molecular weight is 260 g/mol. The van der Waals surface area contributed by atoms with Gasteiger partial charge in [0.25, 0.3) is 0 Å². The van der Waals surface area contributed by atoms with Crippen molar-refractivity contribution in [1.29, 1.82) is 0 Å². The minimum Gasteiger partial charge on any atom is -0.493 e. The number of ether oxygens (including phenoxy) is 1. The van der Waals surface area contributed by atoms with Crippen molar-refractivity contribution in [2.45, 2.75) is 20.3 Å². The minimum atomic E-state index is 0.153. The summed E-state index contributed by atoms with van der Waals surface area (Å²) in [5, 5.41) is 0. The van der Waals surface area contributed by atoms with Gasteiger partial charge in [-0.1, -0.05) is 12.1 Å². The van der Waals surface area contributed by atoms with Crippen LogP contribution in [0.5, 0.6) is 5.75 Å². The molecule has 0 aliphatic rings. The summed E-state index contributed by atoms with van der Waals surface area (Å²) >= 11 is 1.54. The molecule has 0 radical (unpaired) electrons. The van der Waals surface area contributed by atoms with Crippen molar-refractivity contribution in [3.05, 3.63) is 51.7 Å². The zero-order valence-electron chi connectivity index (χ0n) is 10.6. The Hall–Kier alpha value is -1.61. The molecule has 1 aromatic heterocycles. The van der Waals surface area contributed by atoms with Crippen LogP contribution in [0.4, 0.5) is 0 Å². The average Bonchev–Trinajstić information content (AvgIpc) is 2.76. The molecule has 0 N–H and O–H groups in total. The van der Waals surface area contributed by atoms with E-state index in [1.54, 1.807) is 0 Å². The maximum absolute atomic E-state index is 11.8. The maximum atomic E-state index is 11.8. The standard InChI is InChI=1S/C15H16O2S/c1-11-4-3-5-13(10-11)17-9-8-14(16)15-7-6-12(2)18-15/h3-7,10H,8-9H2,1-2H3. The summed E-state index contributed by atoms with van der Waals surface area (Å²) < 4.78 is 5.57. The topological polar surface area (TPSA) is 26.3 Å². The van der Waals surface area contributed by atoms with Gasteiger partial charge in [-0.05, 0) is 43.7 Å². The Labute approximate surface area is 111 Å². The SMILES string of the molecule is Cc1cccc(OCCC(=O)c2ccc(C)s2)c1. The van der Waals surface area contributed by atoms with Gasteiger partial charge < -0.3 is 4.74 Å². The van der Waals surface area contributed by atoms with Gasteiger partial charge in [0.2, 0.25) is 0 Å². The Morgan fingerprint density at radius 2 is 2.06 bits per heavy atom. The number of carbonyl (C=O) groups is 1. The summed E-state index contributed by atoms with van der Waals surface area (Å²) in [4.78, 5) is 13.8. The first-order chi connectivity index (χ1) is 8.65. The van der Waals surface area contributed by atoms with Gasteiger partial charge in [0, 0.05) is 11.3 Å². The van der Waals surface area contributed by atoms with Gasteiger partial charge in [0.1, 0.15) is 5.75 Å². The zero-order valence-corrected chi connectivity index (χ0v) is 11.4. The molecular formula is C15H16O2S. The van der Waals surface area contributed by atoms with E-state index >= 15 is 0 Å². The number of thiophene rings is 1. The van der Waals surface area contributed by atoms with Gasteiger partial charge in [-0.25, -0.2) is 0 Å². The highest BCUT2D eigenvalue weighted by molar-refractivity contribution is 7.14. The molecule has 2 rings (SSSR count). The lowest BCUT2D eigenvalue weighted by atomic mass is 10.2. The fourth-order valence-corrected chi connectivity index (χ4v) is 2.51. The smallest absolute Gasteiger partial charge is 0.176 e. The summed E-state index contributed by atoms with van der Waals surface area (Å²) in [6.45, 7) is 4.45. The molecule has 0 atom stereocenters.